The standard InChI is InChI=1S/C11H15NO2/c12-8-5-6-14-11(7-8)9-3-1-2-4-10(9)13/h1-4,8,11,13H,5-7,12H2/t8-,11+/m1/s1. The van der Waals surface area contributed by atoms with Gasteiger partial charge in [0, 0.05) is 18.2 Å². The zero-order valence-corrected chi connectivity index (χ0v) is 8.02. The van der Waals surface area contributed by atoms with E-state index in [1.54, 1.807) is 6.07 Å². The SMILES string of the molecule is N[C@@H]1CCO[C@H](c2ccccc2O)C1. The van der Waals surface area contributed by atoms with E-state index < -0.39 is 0 Å². The van der Waals surface area contributed by atoms with Gasteiger partial charge < -0.3 is 15.6 Å². The van der Waals surface area contributed by atoms with Gasteiger partial charge >= 0.3 is 0 Å². The highest BCUT2D eigenvalue weighted by Crippen LogP contribution is 2.32. The molecule has 0 radical (unpaired) electrons. The fourth-order valence-corrected chi connectivity index (χ4v) is 1.80. The minimum atomic E-state index is -0.0417. The molecule has 0 saturated carbocycles. The Kier molecular flexibility index (Phi) is 2.70. The van der Waals surface area contributed by atoms with Crippen LogP contribution in [0.1, 0.15) is 24.5 Å². The molecule has 1 fully saturated rings. The molecule has 3 heteroatoms. The van der Waals surface area contributed by atoms with Crippen molar-refractivity contribution in [2.45, 2.75) is 25.0 Å². The summed E-state index contributed by atoms with van der Waals surface area (Å²) in [7, 11) is 0. The van der Waals surface area contributed by atoms with Crippen molar-refractivity contribution in [1.29, 1.82) is 0 Å². The maximum absolute atomic E-state index is 9.63. The van der Waals surface area contributed by atoms with E-state index in [-0.39, 0.29) is 12.1 Å². The van der Waals surface area contributed by atoms with E-state index in [0.717, 1.165) is 18.4 Å². The Morgan fingerprint density at radius 2 is 2.14 bits per heavy atom. The zero-order valence-electron chi connectivity index (χ0n) is 8.02. The second-order valence-corrected chi connectivity index (χ2v) is 3.70. The van der Waals surface area contributed by atoms with E-state index >= 15 is 0 Å². The topological polar surface area (TPSA) is 55.5 Å². The van der Waals surface area contributed by atoms with Gasteiger partial charge in [-0.2, -0.15) is 0 Å². The number of hydrogen-bond donors (Lipinski definition) is 2. The molecule has 3 nitrogen and oxygen atoms in total. The number of aromatic hydroxyl groups is 1. The molecule has 2 rings (SSSR count). The number of nitrogens with two attached hydrogens (primary N) is 1. The summed E-state index contributed by atoms with van der Waals surface area (Å²) in [6.45, 7) is 0.681. The Balaban J connectivity index is 2.18. The van der Waals surface area contributed by atoms with Crippen LogP contribution in [0.3, 0.4) is 0 Å². The molecule has 0 bridgehead atoms. The van der Waals surface area contributed by atoms with Crippen LogP contribution in [0, 0.1) is 0 Å². The van der Waals surface area contributed by atoms with E-state index in [2.05, 4.69) is 0 Å². The van der Waals surface area contributed by atoms with Crippen LogP contribution in [0.15, 0.2) is 24.3 Å². The van der Waals surface area contributed by atoms with Crippen molar-refractivity contribution in [1.82, 2.24) is 0 Å². The Labute approximate surface area is 83.5 Å². The monoisotopic (exact) mass is 193 g/mol. The largest absolute Gasteiger partial charge is 0.508 e. The van der Waals surface area contributed by atoms with Gasteiger partial charge in [0.25, 0.3) is 0 Å². The zero-order chi connectivity index (χ0) is 9.97. The molecular weight excluding hydrogens is 178 g/mol. The smallest absolute Gasteiger partial charge is 0.121 e. The molecule has 1 aromatic carbocycles. The second-order valence-electron chi connectivity index (χ2n) is 3.70. The van der Waals surface area contributed by atoms with Gasteiger partial charge in [-0.1, -0.05) is 18.2 Å². The Morgan fingerprint density at radius 1 is 1.36 bits per heavy atom. The molecule has 2 atom stereocenters. The van der Waals surface area contributed by atoms with Crippen molar-refractivity contribution in [3.05, 3.63) is 29.8 Å². The molecule has 1 aliphatic heterocycles. The molecule has 3 N–H and O–H groups in total. The van der Waals surface area contributed by atoms with Crippen molar-refractivity contribution in [3.8, 4) is 5.75 Å². The second kappa shape index (κ2) is 3.98. The highest BCUT2D eigenvalue weighted by molar-refractivity contribution is 5.34. The minimum absolute atomic E-state index is 0.0417. The average Bonchev–Trinajstić information content (AvgIpc) is 2.18. The van der Waals surface area contributed by atoms with Gasteiger partial charge in [-0.3, -0.25) is 0 Å². The quantitative estimate of drug-likeness (QED) is 0.711. The lowest BCUT2D eigenvalue weighted by Gasteiger charge is -2.27. The van der Waals surface area contributed by atoms with E-state index in [1.165, 1.54) is 0 Å². The fourth-order valence-electron chi connectivity index (χ4n) is 1.80. The van der Waals surface area contributed by atoms with Gasteiger partial charge in [0.1, 0.15) is 5.75 Å². The molecule has 0 unspecified atom stereocenters. The van der Waals surface area contributed by atoms with Crippen LogP contribution in [0.5, 0.6) is 5.75 Å². The third kappa shape index (κ3) is 1.89. The van der Waals surface area contributed by atoms with Crippen LogP contribution < -0.4 is 5.73 Å². The van der Waals surface area contributed by atoms with E-state index in [4.69, 9.17) is 10.5 Å². The van der Waals surface area contributed by atoms with Gasteiger partial charge in [-0.15, -0.1) is 0 Å². The van der Waals surface area contributed by atoms with Crippen molar-refractivity contribution < 1.29 is 9.84 Å². The molecule has 14 heavy (non-hydrogen) atoms. The molecule has 1 saturated heterocycles. The van der Waals surface area contributed by atoms with E-state index in [1.807, 2.05) is 18.2 Å². The first-order chi connectivity index (χ1) is 6.77. The molecule has 1 aromatic rings. The first-order valence-corrected chi connectivity index (χ1v) is 4.92. The summed E-state index contributed by atoms with van der Waals surface area (Å²) in [5.41, 5.74) is 6.70. The molecule has 0 spiro atoms. The first kappa shape index (κ1) is 9.49. The van der Waals surface area contributed by atoms with E-state index in [9.17, 15) is 5.11 Å². The van der Waals surface area contributed by atoms with Crippen molar-refractivity contribution in [2.24, 2.45) is 5.73 Å². The van der Waals surface area contributed by atoms with Crippen molar-refractivity contribution in [2.75, 3.05) is 6.61 Å². The number of rotatable bonds is 1. The maximum Gasteiger partial charge on any atom is 0.121 e. The predicted molar refractivity (Wildman–Crippen MR) is 54.0 cm³/mol. The van der Waals surface area contributed by atoms with Gasteiger partial charge in [0.15, 0.2) is 0 Å². The Bertz CT molecular complexity index is 314. The van der Waals surface area contributed by atoms with Crippen LogP contribution >= 0.6 is 0 Å². The van der Waals surface area contributed by atoms with Crippen molar-refractivity contribution in [3.63, 3.8) is 0 Å². The molecule has 0 aliphatic carbocycles. The lowest BCUT2D eigenvalue weighted by atomic mass is 9.97. The molecule has 0 amide bonds. The van der Waals surface area contributed by atoms with Crippen LogP contribution in [-0.2, 0) is 4.74 Å². The summed E-state index contributed by atoms with van der Waals surface area (Å²) in [4.78, 5) is 0. The van der Waals surface area contributed by atoms with Crippen LogP contribution in [0.25, 0.3) is 0 Å². The Hall–Kier alpha value is -1.06. The highest BCUT2D eigenvalue weighted by atomic mass is 16.5. The van der Waals surface area contributed by atoms with Crippen LogP contribution in [0.2, 0.25) is 0 Å². The summed E-state index contributed by atoms with van der Waals surface area (Å²) < 4.78 is 5.58. The molecule has 1 aliphatic rings. The summed E-state index contributed by atoms with van der Waals surface area (Å²) in [5.74, 6) is 0.298. The number of ether oxygens (including phenoxy) is 1. The summed E-state index contributed by atoms with van der Waals surface area (Å²) in [6, 6.07) is 7.46. The number of phenols is 1. The summed E-state index contributed by atoms with van der Waals surface area (Å²) in [5, 5.41) is 9.63. The molecule has 0 aromatic heterocycles. The Morgan fingerprint density at radius 3 is 2.86 bits per heavy atom. The lowest BCUT2D eigenvalue weighted by molar-refractivity contribution is 0.00544. The minimum Gasteiger partial charge on any atom is -0.508 e. The highest BCUT2D eigenvalue weighted by Gasteiger charge is 2.23. The van der Waals surface area contributed by atoms with E-state index in [0.29, 0.717) is 12.4 Å². The number of hydrogen-bond acceptors (Lipinski definition) is 3. The normalized spacial score (nSPS) is 27.5. The molecule has 1 heterocycles. The van der Waals surface area contributed by atoms with Crippen molar-refractivity contribution >= 4 is 0 Å². The molecular formula is C11H15NO2. The van der Waals surface area contributed by atoms with Gasteiger partial charge in [-0.25, -0.2) is 0 Å². The summed E-state index contributed by atoms with van der Waals surface area (Å²) >= 11 is 0. The maximum atomic E-state index is 9.63. The molecule has 76 valence electrons. The number of benzene rings is 1. The fraction of sp³-hybridized carbons (Fsp3) is 0.455. The average molecular weight is 193 g/mol. The van der Waals surface area contributed by atoms with Gasteiger partial charge in [0.05, 0.1) is 6.10 Å². The first-order valence-electron chi connectivity index (χ1n) is 4.92. The third-order valence-electron chi connectivity index (χ3n) is 2.61. The van der Waals surface area contributed by atoms with Crippen LogP contribution in [-0.4, -0.2) is 17.8 Å². The van der Waals surface area contributed by atoms with Gasteiger partial charge in [-0.05, 0) is 18.9 Å². The number of phenolic OH excluding ortho intramolecular Hbond substituents is 1. The third-order valence-corrected chi connectivity index (χ3v) is 2.61. The predicted octanol–water partition coefficient (Wildman–Crippen LogP) is 1.57. The van der Waals surface area contributed by atoms with Gasteiger partial charge in [0.2, 0.25) is 0 Å². The summed E-state index contributed by atoms with van der Waals surface area (Å²) in [6.07, 6.45) is 1.65. The lowest BCUT2D eigenvalue weighted by Crippen LogP contribution is -2.30. The number of para-hydroxylation sites is 1. The van der Waals surface area contributed by atoms with Crippen LogP contribution in [0.4, 0.5) is 0 Å².